The van der Waals surface area contributed by atoms with Gasteiger partial charge in [0.1, 0.15) is 0 Å². The molecule has 5 nitrogen and oxygen atoms in total. The summed E-state index contributed by atoms with van der Waals surface area (Å²) in [5, 5.41) is 9.18. The number of likely N-dealkylation sites (N-methyl/N-ethyl adjacent to an activating group) is 1. The number of aromatic carboxylic acids is 1. The van der Waals surface area contributed by atoms with Crippen molar-refractivity contribution < 1.29 is 14.7 Å². The zero-order valence-corrected chi connectivity index (χ0v) is 12.1. The molecule has 0 unspecified atom stereocenters. The van der Waals surface area contributed by atoms with Crippen LogP contribution in [0.5, 0.6) is 0 Å². The maximum atomic E-state index is 12.4. The fourth-order valence-electron chi connectivity index (χ4n) is 2.27. The molecule has 2 rings (SSSR count). The lowest BCUT2D eigenvalue weighted by atomic mass is 10.1. The number of nitrogens with zero attached hydrogens (tertiary/aromatic N) is 2. The van der Waals surface area contributed by atoms with Gasteiger partial charge in [0.05, 0.1) is 10.6 Å². The van der Waals surface area contributed by atoms with E-state index in [1.54, 1.807) is 11.0 Å². The molecule has 0 atom stereocenters. The standard InChI is InChI=1S/C14H17ClN2O3/c1-2-16-5-7-17(8-6-16)13(18)10-3-4-12(15)11(9-10)14(19)20/h3-4,9H,2,5-8H2,1H3,(H,19,20). The maximum absolute atomic E-state index is 12.4. The van der Waals surface area contributed by atoms with Crippen molar-refractivity contribution in [2.45, 2.75) is 6.92 Å². The van der Waals surface area contributed by atoms with E-state index in [1.807, 2.05) is 0 Å². The average molecular weight is 297 g/mol. The van der Waals surface area contributed by atoms with Crippen molar-refractivity contribution in [3.05, 3.63) is 34.3 Å². The van der Waals surface area contributed by atoms with Gasteiger partial charge in [-0.1, -0.05) is 18.5 Å². The van der Waals surface area contributed by atoms with Crippen LogP contribution in [-0.2, 0) is 0 Å². The molecule has 1 fully saturated rings. The molecule has 1 aromatic rings. The van der Waals surface area contributed by atoms with Crippen molar-refractivity contribution in [1.82, 2.24) is 9.80 Å². The molecule has 1 heterocycles. The molecular formula is C14H17ClN2O3. The minimum absolute atomic E-state index is 0.0373. The first-order valence-electron chi connectivity index (χ1n) is 6.57. The Kier molecular flexibility index (Phi) is 4.62. The van der Waals surface area contributed by atoms with Crippen LogP contribution in [-0.4, -0.2) is 59.5 Å². The first kappa shape index (κ1) is 14.8. The summed E-state index contributed by atoms with van der Waals surface area (Å²) < 4.78 is 0. The molecule has 1 N–H and O–H groups in total. The Morgan fingerprint density at radius 2 is 1.90 bits per heavy atom. The molecule has 1 aromatic carbocycles. The van der Waals surface area contributed by atoms with Gasteiger partial charge in [-0.2, -0.15) is 0 Å². The van der Waals surface area contributed by atoms with Crippen LogP contribution in [0.1, 0.15) is 27.6 Å². The highest BCUT2D eigenvalue weighted by Crippen LogP contribution is 2.19. The van der Waals surface area contributed by atoms with Gasteiger partial charge in [0, 0.05) is 31.7 Å². The molecule has 1 saturated heterocycles. The summed E-state index contributed by atoms with van der Waals surface area (Å²) in [6.07, 6.45) is 0. The SMILES string of the molecule is CCN1CCN(C(=O)c2ccc(Cl)c(C(=O)O)c2)CC1. The lowest BCUT2D eigenvalue weighted by Crippen LogP contribution is -2.48. The Balaban J connectivity index is 2.14. The second-order valence-corrected chi connectivity index (χ2v) is 5.13. The summed E-state index contributed by atoms with van der Waals surface area (Å²) in [7, 11) is 0. The van der Waals surface area contributed by atoms with Crippen LogP contribution in [0.15, 0.2) is 18.2 Å². The van der Waals surface area contributed by atoms with E-state index >= 15 is 0 Å². The topological polar surface area (TPSA) is 60.9 Å². The van der Waals surface area contributed by atoms with Crippen molar-refractivity contribution in [2.24, 2.45) is 0 Å². The predicted octanol–water partition coefficient (Wildman–Crippen LogP) is 1.82. The largest absolute Gasteiger partial charge is 0.478 e. The number of carboxylic acids is 1. The fraction of sp³-hybridized carbons (Fsp3) is 0.429. The van der Waals surface area contributed by atoms with Crippen molar-refractivity contribution >= 4 is 23.5 Å². The van der Waals surface area contributed by atoms with Gasteiger partial charge < -0.3 is 14.9 Å². The molecule has 6 heteroatoms. The Morgan fingerprint density at radius 3 is 2.45 bits per heavy atom. The van der Waals surface area contributed by atoms with Gasteiger partial charge in [0.15, 0.2) is 0 Å². The minimum Gasteiger partial charge on any atom is -0.478 e. The van der Waals surface area contributed by atoms with Gasteiger partial charge in [0.25, 0.3) is 5.91 Å². The van der Waals surface area contributed by atoms with E-state index in [0.29, 0.717) is 18.7 Å². The number of hydrogen-bond donors (Lipinski definition) is 1. The summed E-state index contributed by atoms with van der Waals surface area (Å²) in [5.41, 5.74) is 0.335. The molecule has 1 aliphatic rings. The van der Waals surface area contributed by atoms with Crippen LogP contribution in [0.4, 0.5) is 0 Å². The van der Waals surface area contributed by atoms with E-state index in [0.717, 1.165) is 19.6 Å². The number of carbonyl (C=O) groups is 2. The van der Waals surface area contributed by atoms with Gasteiger partial charge >= 0.3 is 5.97 Å². The molecule has 0 aliphatic carbocycles. The molecule has 0 saturated carbocycles. The minimum atomic E-state index is -1.12. The average Bonchev–Trinajstić information content (AvgIpc) is 2.47. The van der Waals surface area contributed by atoms with Crippen LogP contribution in [0.25, 0.3) is 0 Å². The number of amides is 1. The van der Waals surface area contributed by atoms with Gasteiger partial charge in [0.2, 0.25) is 0 Å². The molecule has 1 amide bonds. The van der Waals surface area contributed by atoms with Crippen LogP contribution in [0.3, 0.4) is 0 Å². The molecule has 0 spiro atoms. The Hall–Kier alpha value is -1.59. The Morgan fingerprint density at radius 1 is 1.25 bits per heavy atom. The monoisotopic (exact) mass is 296 g/mol. The summed E-state index contributed by atoms with van der Waals surface area (Å²) >= 11 is 5.81. The third kappa shape index (κ3) is 3.11. The van der Waals surface area contributed by atoms with Gasteiger partial charge in [-0.05, 0) is 24.7 Å². The predicted molar refractivity (Wildman–Crippen MR) is 76.4 cm³/mol. The summed E-state index contributed by atoms with van der Waals surface area (Å²) in [5.74, 6) is -1.26. The van der Waals surface area contributed by atoms with Gasteiger partial charge in [-0.3, -0.25) is 4.79 Å². The first-order valence-corrected chi connectivity index (χ1v) is 6.95. The van der Waals surface area contributed by atoms with Crippen LogP contribution in [0.2, 0.25) is 5.02 Å². The molecule has 0 aromatic heterocycles. The Labute approximate surface area is 122 Å². The first-order chi connectivity index (χ1) is 9.52. The number of piperazine rings is 1. The van der Waals surface area contributed by atoms with E-state index in [4.69, 9.17) is 16.7 Å². The van der Waals surface area contributed by atoms with Crippen molar-refractivity contribution in [1.29, 1.82) is 0 Å². The molecule has 0 bridgehead atoms. The zero-order chi connectivity index (χ0) is 14.7. The van der Waals surface area contributed by atoms with E-state index < -0.39 is 5.97 Å². The van der Waals surface area contributed by atoms with Gasteiger partial charge in [-0.15, -0.1) is 0 Å². The highest BCUT2D eigenvalue weighted by Gasteiger charge is 2.22. The number of benzene rings is 1. The number of halogens is 1. The molecular weight excluding hydrogens is 280 g/mol. The fourth-order valence-corrected chi connectivity index (χ4v) is 2.47. The third-order valence-electron chi connectivity index (χ3n) is 3.55. The summed E-state index contributed by atoms with van der Waals surface area (Å²) in [6, 6.07) is 4.38. The maximum Gasteiger partial charge on any atom is 0.337 e. The van der Waals surface area contributed by atoms with E-state index in [2.05, 4.69) is 11.8 Å². The normalized spacial score (nSPS) is 16.2. The van der Waals surface area contributed by atoms with Crippen LogP contribution >= 0.6 is 11.6 Å². The lowest BCUT2D eigenvalue weighted by molar-refractivity contribution is 0.0643. The molecule has 20 heavy (non-hydrogen) atoms. The Bertz CT molecular complexity index is 525. The smallest absolute Gasteiger partial charge is 0.337 e. The highest BCUT2D eigenvalue weighted by molar-refractivity contribution is 6.33. The third-order valence-corrected chi connectivity index (χ3v) is 3.88. The van der Waals surface area contributed by atoms with Gasteiger partial charge in [-0.25, -0.2) is 4.79 Å². The van der Waals surface area contributed by atoms with Crippen LogP contribution < -0.4 is 0 Å². The van der Waals surface area contributed by atoms with Crippen molar-refractivity contribution in [3.8, 4) is 0 Å². The molecule has 108 valence electrons. The zero-order valence-electron chi connectivity index (χ0n) is 11.3. The summed E-state index contributed by atoms with van der Waals surface area (Å²) in [4.78, 5) is 27.4. The highest BCUT2D eigenvalue weighted by atomic mass is 35.5. The summed E-state index contributed by atoms with van der Waals surface area (Å²) in [6.45, 7) is 6.10. The van der Waals surface area contributed by atoms with Crippen molar-refractivity contribution in [3.63, 3.8) is 0 Å². The van der Waals surface area contributed by atoms with E-state index in [9.17, 15) is 9.59 Å². The van der Waals surface area contributed by atoms with Crippen molar-refractivity contribution in [2.75, 3.05) is 32.7 Å². The van der Waals surface area contributed by atoms with E-state index in [-0.39, 0.29) is 16.5 Å². The lowest BCUT2D eigenvalue weighted by Gasteiger charge is -2.34. The number of carbonyl (C=O) groups excluding carboxylic acids is 1. The quantitative estimate of drug-likeness (QED) is 0.924. The van der Waals surface area contributed by atoms with E-state index in [1.165, 1.54) is 12.1 Å². The number of carboxylic acid groups (broad SMARTS) is 1. The van der Waals surface area contributed by atoms with Crippen LogP contribution in [0, 0.1) is 0 Å². The number of rotatable bonds is 3. The second-order valence-electron chi connectivity index (χ2n) is 4.73. The number of hydrogen-bond acceptors (Lipinski definition) is 3. The molecule has 1 aliphatic heterocycles. The molecule has 0 radical (unpaired) electrons. The second kappa shape index (κ2) is 6.24.